The third-order valence-electron chi connectivity index (χ3n) is 5.06. The Balaban J connectivity index is 1.74. The Hall–Kier alpha value is -5.04. The number of ketones is 1. The number of carbonyl (C=O) groups is 4. The quantitative estimate of drug-likeness (QED) is 0.194. The third kappa shape index (κ3) is 5.71. The zero-order chi connectivity index (χ0) is 25.5. The van der Waals surface area contributed by atoms with E-state index in [1.54, 1.807) is 91.0 Å². The van der Waals surface area contributed by atoms with Crippen molar-refractivity contribution < 1.29 is 33.4 Å². The van der Waals surface area contributed by atoms with Gasteiger partial charge in [0.25, 0.3) is 0 Å². The van der Waals surface area contributed by atoms with Gasteiger partial charge in [0, 0.05) is 6.07 Å². The van der Waals surface area contributed by atoms with Gasteiger partial charge in [-0.05, 0) is 49.4 Å². The second-order valence-corrected chi connectivity index (χ2v) is 7.62. The minimum atomic E-state index is -0.733. The zero-order valence-electron chi connectivity index (χ0n) is 19.2. The number of carbonyl (C=O) groups excluding carboxylic acids is 4. The van der Waals surface area contributed by atoms with Gasteiger partial charge in [0.1, 0.15) is 5.75 Å². The largest absolute Gasteiger partial charge is 0.422 e. The average Bonchev–Trinajstić information content (AvgIpc) is 2.91. The fourth-order valence-corrected chi connectivity index (χ4v) is 3.26. The van der Waals surface area contributed by atoms with Crippen molar-refractivity contribution >= 4 is 23.7 Å². The van der Waals surface area contributed by atoms with Crippen LogP contribution in [0.2, 0.25) is 0 Å². The predicted molar refractivity (Wildman–Crippen MR) is 131 cm³/mol. The summed E-state index contributed by atoms with van der Waals surface area (Å²) in [6, 6.07) is 27.0. The maximum atomic E-state index is 12.8. The topological polar surface area (TPSA) is 96.0 Å². The van der Waals surface area contributed by atoms with E-state index in [2.05, 4.69) is 0 Å². The number of Topliss-reactive ketones (excluding diaryl/α,β-unsaturated/α-hetero) is 1. The number of rotatable bonds is 7. The number of benzene rings is 4. The Morgan fingerprint density at radius 1 is 0.472 bits per heavy atom. The summed E-state index contributed by atoms with van der Waals surface area (Å²) in [5.74, 6) is -3.16. The summed E-state index contributed by atoms with van der Waals surface area (Å²) < 4.78 is 16.5. The molecule has 4 rings (SSSR count). The van der Waals surface area contributed by atoms with Gasteiger partial charge in [0.15, 0.2) is 17.3 Å². The van der Waals surface area contributed by atoms with E-state index in [1.165, 1.54) is 19.1 Å². The lowest BCUT2D eigenvalue weighted by atomic mass is 10.1. The molecule has 4 aromatic rings. The van der Waals surface area contributed by atoms with Gasteiger partial charge in [-0.15, -0.1) is 0 Å². The zero-order valence-corrected chi connectivity index (χ0v) is 19.2. The van der Waals surface area contributed by atoms with E-state index in [0.29, 0.717) is 0 Å². The molecule has 36 heavy (non-hydrogen) atoms. The molecule has 0 aliphatic rings. The number of hydrogen-bond acceptors (Lipinski definition) is 7. The van der Waals surface area contributed by atoms with Crippen molar-refractivity contribution in [2.45, 2.75) is 6.92 Å². The molecule has 178 valence electrons. The molecule has 0 spiro atoms. The molecule has 0 fully saturated rings. The van der Waals surface area contributed by atoms with Crippen LogP contribution in [-0.4, -0.2) is 23.7 Å². The first-order chi connectivity index (χ1) is 17.4. The molecule has 4 aromatic carbocycles. The van der Waals surface area contributed by atoms with Crippen molar-refractivity contribution in [1.29, 1.82) is 0 Å². The highest BCUT2D eigenvalue weighted by atomic mass is 16.6. The monoisotopic (exact) mass is 480 g/mol. The molecular formula is C29H20O7. The summed E-state index contributed by atoms with van der Waals surface area (Å²) in [7, 11) is 0. The first kappa shape index (κ1) is 24.1. The summed E-state index contributed by atoms with van der Waals surface area (Å²) in [6.45, 7) is 1.27. The van der Waals surface area contributed by atoms with Crippen LogP contribution in [0.15, 0.2) is 103 Å². The molecule has 0 radical (unpaired) electrons. The molecule has 0 amide bonds. The minimum Gasteiger partial charge on any atom is -0.422 e. The average molecular weight is 480 g/mol. The van der Waals surface area contributed by atoms with Crippen LogP contribution >= 0.6 is 0 Å². The van der Waals surface area contributed by atoms with Crippen LogP contribution in [0.4, 0.5) is 0 Å². The molecule has 0 aromatic heterocycles. The molecule has 0 aliphatic heterocycles. The summed E-state index contributed by atoms with van der Waals surface area (Å²) in [5, 5.41) is 0. The lowest BCUT2D eigenvalue weighted by Crippen LogP contribution is -2.15. The number of ether oxygens (including phenoxy) is 3. The van der Waals surface area contributed by atoms with E-state index in [1.807, 2.05) is 0 Å². The highest BCUT2D eigenvalue weighted by Crippen LogP contribution is 2.37. The molecular weight excluding hydrogens is 460 g/mol. The van der Waals surface area contributed by atoms with E-state index in [4.69, 9.17) is 14.2 Å². The Morgan fingerprint density at radius 3 is 1.17 bits per heavy atom. The molecule has 0 saturated heterocycles. The second kappa shape index (κ2) is 10.9. The summed E-state index contributed by atoms with van der Waals surface area (Å²) >= 11 is 0. The molecule has 7 heteroatoms. The summed E-state index contributed by atoms with van der Waals surface area (Å²) in [6.07, 6.45) is 0. The molecule has 0 N–H and O–H groups in total. The van der Waals surface area contributed by atoms with Crippen molar-refractivity contribution in [2.24, 2.45) is 0 Å². The number of hydrogen-bond donors (Lipinski definition) is 0. The Bertz CT molecular complexity index is 1410. The van der Waals surface area contributed by atoms with Gasteiger partial charge in [-0.3, -0.25) is 4.79 Å². The highest BCUT2D eigenvalue weighted by molar-refractivity contribution is 6.01. The van der Waals surface area contributed by atoms with Crippen molar-refractivity contribution in [2.75, 3.05) is 0 Å². The molecule has 0 atom stereocenters. The van der Waals surface area contributed by atoms with Gasteiger partial charge in [0.05, 0.1) is 22.3 Å². The predicted octanol–water partition coefficient (Wildman–Crippen LogP) is 5.55. The van der Waals surface area contributed by atoms with Gasteiger partial charge >= 0.3 is 17.9 Å². The van der Waals surface area contributed by atoms with Crippen molar-refractivity contribution in [3.8, 4) is 17.2 Å². The van der Waals surface area contributed by atoms with Crippen LogP contribution in [0.5, 0.6) is 17.2 Å². The van der Waals surface area contributed by atoms with Gasteiger partial charge in [-0.2, -0.15) is 0 Å². The Kier molecular flexibility index (Phi) is 7.31. The van der Waals surface area contributed by atoms with Gasteiger partial charge < -0.3 is 14.2 Å². The first-order valence-corrected chi connectivity index (χ1v) is 10.9. The van der Waals surface area contributed by atoms with Crippen LogP contribution in [0, 0.1) is 0 Å². The highest BCUT2D eigenvalue weighted by Gasteiger charge is 2.23. The van der Waals surface area contributed by atoms with Crippen LogP contribution in [0.1, 0.15) is 48.4 Å². The standard InChI is InChI=1S/C29H20O7/c1-19(30)23-17-25(35-28(32)21-13-7-3-8-14-21)26(36-29(33)22-15-9-4-10-16-22)18-24(23)34-27(31)20-11-5-2-6-12-20/h2-18H,1H3. The molecule has 0 aliphatic carbocycles. The van der Waals surface area contributed by atoms with E-state index in [0.717, 1.165) is 0 Å². The summed E-state index contributed by atoms with van der Waals surface area (Å²) in [5.41, 5.74) is 0.724. The smallest absolute Gasteiger partial charge is 0.343 e. The molecule has 7 nitrogen and oxygen atoms in total. The maximum Gasteiger partial charge on any atom is 0.343 e. The fraction of sp³-hybridized carbons (Fsp3) is 0.0345. The number of esters is 3. The van der Waals surface area contributed by atoms with Crippen LogP contribution in [-0.2, 0) is 0 Å². The van der Waals surface area contributed by atoms with E-state index >= 15 is 0 Å². The molecule has 0 unspecified atom stereocenters. The first-order valence-electron chi connectivity index (χ1n) is 10.9. The fourth-order valence-electron chi connectivity index (χ4n) is 3.26. The normalized spacial score (nSPS) is 10.2. The lowest BCUT2D eigenvalue weighted by Gasteiger charge is -2.15. The van der Waals surface area contributed by atoms with Gasteiger partial charge in [-0.25, -0.2) is 14.4 Å². The van der Waals surface area contributed by atoms with E-state index < -0.39 is 23.7 Å². The van der Waals surface area contributed by atoms with Crippen LogP contribution < -0.4 is 14.2 Å². The van der Waals surface area contributed by atoms with Crippen LogP contribution in [0.25, 0.3) is 0 Å². The van der Waals surface area contributed by atoms with Crippen molar-refractivity contribution in [3.63, 3.8) is 0 Å². The minimum absolute atomic E-state index is 0.0327. The van der Waals surface area contributed by atoms with Crippen molar-refractivity contribution in [3.05, 3.63) is 125 Å². The van der Waals surface area contributed by atoms with Crippen molar-refractivity contribution in [1.82, 2.24) is 0 Å². The summed E-state index contributed by atoms with van der Waals surface area (Å²) in [4.78, 5) is 50.5. The third-order valence-corrected chi connectivity index (χ3v) is 5.06. The van der Waals surface area contributed by atoms with Gasteiger partial charge in [-0.1, -0.05) is 54.6 Å². The maximum absolute atomic E-state index is 12.8. The molecule has 0 heterocycles. The Morgan fingerprint density at radius 2 is 0.806 bits per heavy atom. The second-order valence-electron chi connectivity index (χ2n) is 7.62. The molecule has 0 bridgehead atoms. The van der Waals surface area contributed by atoms with E-state index in [-0.39, 0.29) is 39.5 Å². The Labute approximate surface area is 206 Å². The SMILES string of the molecule is CC(=O)c1cc(OC(=O)c2ccccc2)c(OC(=O)c2ccccc2)cc1OC(=O)c1ccccc1. The van der Waals surface area contributed by atoms with E-state index in [9.17, 15) is 19.2 Å². The van der Waals surface area contributed by atoms with Gasteiger partial charge in [0.2, 0.25) is 0 Å². The lowest BCUT2D eigenvalue weighted by molar-refractivity contribution is 0.0678. The molecule has 0 saturated carbocycles. The van der Waals surface area contributed by atoms with Crippen LogP contribution in [0.3, 0.4) is 0 Å².